The van der Waals surface area contributed by atoms with Gasteiger partial charge >= 0.3 is 0 Å². The third-order valence-electron chi connectivity index (χ3n) is 1.69. The summed E-state index contributed by atoms with van der Waals surface area (Å²) in [5.41, 5.74) is 1.63. The first-order valence-electron chi connectivity index (χ1n) is 4.17. The van der Waals surface area contributed by atoms with Crippen LogP contribution >= 0.6 is 0 Å². The standard InChI is InChI=1S/C10H14N2O/c1-10(2,3)9-7-11-8(4-5-13)6-12-9/h4-7,13H,1-3H3/b5-4+. The Hall–Kier alpha value is -1.38. The fourth-order valence-electron chi connectivity index (χ4n) is 0.888. The number of aliphatic hydroxyl groups is 1. The molecule has 1 aromatic heterocycles. The first-order valence-corrected chi connectivity index (χ1v) is 4.17. The lowest BCUT2D eigenvalue weighted by molar-refractivity contribution is 0.478. The zero-order valence-electron chi connectivity index (χ0n) is 8.15. The van der Waals surface area contributed by atoms with Crippen LogP contribution in [0.2, 0.25) is 0 Å². The van der Waals surface area contributed by atoms with Crippen molar-refractivity contribution in [3.8, 4) is 0 Å². The lowest BCUT2D eigenvalue weighted by Gasteiger charge is -2.16. The Balaban J connectivity index is 2.94. The first kappa shape index (κ1) is 9.71. The predicted octanol–water partition coefficient (Wildman–Crippen LogP) is 2.30. The van der Waals surface area contributed by atoms with E-state index in [0.29, 0.717) is 5.69 Å². The van der Waals surface area contributed by atoms with Gasteiger partial charge in [0, 0.05) is 11.6 Å². The van der Waals surface area contributed by atoms with Crippen LogP contribution in [-0.2, 0) is 5.41 Å². The van der Waals surface area contributed by atoms with Crippen molar-refractivity contribution in [2.75, 3.05) is 0 Å². The molecule has 1 heterocycles. The second kappa shape index (κ2) is 3.56. The lowest BCUT2D eigenvalue weighted by Crippen LogP contribution is -2.13. The SMILES string of the molecule is CC(C)(C)c1cnc(/C=C/O)cn1. The molecular weight excluding hydrogens is 164 g/mol. The van der Waals surface area contributed by atoms with Gasteiger partial charge in [-0.25, -0.2) is 0 Å². The van der Waals surface area contributed by atoms with Crippen LogP contribution < -0.4 is 0 Å². The second-order valence-electron chi connectivity index (χ2n) is 3.89. The van der Waals surface area contributed by atoms with E-state index in [1.165, 1.54) is 6.08 Å². The van der Waals surface area contributed by atoms with Crippen molar-refractivity contribution in [1.29, 1.82) is 0 Å². The van der Waals surface area contributed by atoms with Gasteiger partial charge in [-0.3, -0.25) is 9.97 Å². The fraction of sp³-hybridized carbons (Fsp3) is 0.400. The van der Waals surface area contributed by atoms with Crippen molar-refractivity contribution in [3.63, 3.8) is 0 Å². The number of hydrogen-bond donors (Lipinski definition) is 1. The Labute approximate surface area is 78.2 Å². The van der Waals surface area contributed by atoms with E-state index in [1.54, 1.807) is 12.4 Å². The number of nitrogens with zero attached hydrogens (tertiary/aromatic N) is 2. The molecule has 0 spiro atoms. The van der Waals surface area contributed by atoms with Crippen molar-refractivity contribution in [1.82, 2.24) is 9.97 Å². The zero-order chi connectivity index (χ0) is 9.90. The maximum atomic E-state index is 8.50. The number of aromatic nitrogens is 2. The van der Waals surface area contributed by atoms with E-state index in [2.05, 4.69) is 30.7 Å². The van der Waals surface area contributed by atoms with Crippen LogP contribution in [0.1, 0.15) is 32.2 Å². The quantitative estimate of drug-likeness (QED) is 0.671. The molecule has 0 amide bonds. The molecule has 0 saturated heterocycles. The molecule has 70 valence electrons. The van der Waals surface area contributed by atoms with E-state index in [9.17, 15) is 0 Å². The van der Waals surface area contributed by atoms with Gasteiger partial charge < -0.3 is 5.11 Å². The van der Waals surface area contributed by atoms with E-state index in [0.717, 1.165) is 12.0 Å². The number of aliphatic hydroxyl groups excluding tert-OH is 1. The van der Waals surface area contributed by atoms with E-state index in [-0.39, 0.29) is 5.41 Å². The molecule has 0 unspecified atom stereocenters. The zero-order valence-corrected chi connectivity index (χ0v) is 8.15. The summed E-state index contributed by atoms with van der Waals surface area (Å²) in [4.78, 5) is 8.37. The molecule has 0 radical (unpaired) electrons. The van der Waals surface area contributed by atoms with Gasteiger partial charge in [0.05, 0.1) is 23.8 Å². The molecule has 1 N–H and O–H groups in total. The van der Waals surface area contributed by atoms with Crippen molar-refractivity contribution >= 4 is 6.08 Å². The van der Waals surface area contributed by atoms with Gasteiger partial charge in [-0.15, -0.1) is 0 Å². The molecule has 0 aromatic carbocycles. The highest BCUT2D eigenvalue weighted by Crippen LogP contribution is 2.18. The molecular formula is C10H14N2O. The van der Waals surface area contributed by atoms with Crippen LogP contribution in [0.25, 0.3) is 6.08 Å². The van der Waals surface area contributed by atoms with E-state index < -0.39 is 0 Å². The van der Waals surface area contributed by atoms with Gasteiger partial charge in [-0.05, 0) is 6.08 Å². The average molecular weight is 178 g/mol. The summed E-state index contributed by atoms with van der Waals surface area (Å²) >= 11 is 0. The van der Waals surface area contributed by atoms with E-state index >= 15 is 0 Å². The normalized spacial score (nSPS) is 12.2. The van der Waals surface area contributed by atoms with E-state index in [1.807, 2.05) is 0 Å². The highest BCUT2D eigenvalue weighted by atomic mass is 16.2. The molecule has 0 bridgehead atoms. The van der Waals surface area contributed by atoms with Crippen LogP contribution in [-0.4, -0.2) is 15.1 Å². The molecule has 1 aromatic rings. The second-order valence-corrected chi connectivity index (χ2v) is 3.89. The van der Waals surface area contributed by atoms with Gasteiger partial charge in [0.15, 0.2) is 0 Å². The monoisotopic (exact) mass is 178 g/mol. The summed E-state index contributed by atoms with van der Waals surface area (Å²) < 4.78 is 0. The number of rotatable bonds is 1. The Kier molecular flexibility index (Phi) is 2.66. The van der Waals surface area contributed by atoms with Gasteiger partial charge in [0.1, 0.15) is 0 Å². The molecule has 0 fully saturated rings. The molecule has 0 atom stereocenters. The van der Waals surface area contributed by atoms with Gasteiger partial charge in [0.25, 0.3) is 0 Å². The third-order valence-corrected chi connectivity index (χ3v) is 1.69. The van der Waals surface area contributed by atoms with Gasteiger partial charge in [0.2, 0.25) is 0 Å². The molecule has 13 heavy (non-hydrogen) atoms. The van der Waals surface area contributed by atoms with Crippen LogP contribution in [0.5, 0.6) is 0 Å². The Morgan fingerprint density at radius 1 is 1.23 bits per heavy atom. The minimum Gasteiger partial charge on any atom is -0.516 e. The van der Waals surface area contributed by atoms with Crippen LogP contribution in [0.15, 0.2) is 18.7 Å². The molecule has 0 aliphatic rings. The topological polar surface area (TPSA) is 46.0 Å². The third kappa shape index (κ3) is 2.54. The summed E-state index contributed by atoms with van der Waals surface area (Å²) in [6, 6.07) is 0. The molecule has 1 rings (SSSR count). The van der Waals surface area contributed by atoms with Crippen molar-refractivity contribution in [2.45, 2.75) is 26.2 Å². The van der Waals surface area contributed by atoms with Crippen molar-refractivity contribution in [3.05, 3.63) is 30.0 Å². The predicted molar refractivity (Wildman–Crippen MR) is 52.4 cm³/mol. The maximum absolute atomic E-state index is 8.50. The average Bonchev–Trinajstić information content (AvgIpc) is 2.04. The first-order chi connectivity index (χ1) is 6.04. The summed E-state index contributed by atoms with van der Waals surface area (Å²) in [5.74, 6) is 0. The lowest BCUT2D eigenvalue weighted by atomic mass is 9.93. The van der Waals surface area contributed by atoms with Crippen LogP contribution in [0.4, 0.5) is 0 Å². The highest BCUT2D eigenvalue weighted by Gasteiger charge is 2.14. The van der Waals surface area contributed by atoms with Gasteiger partial charge in [-0.2, -0.15) is 0 Å². The highest BCUT2D eigenvalue weighted by molar-refractivity contribution is 5.41. The minimum absolute atomic E-state index is 0.0223. The number of hydrogen-bond acceptors (Lipinski definition) is 3. The maximum Gasteiger partial charge on any atom is 0.0843 e. The summed E-state index contributed by atoms with van der Waals surface area (Å²) in [6.07, 6.45) is 5.84. The van der Waals surface area contributed by atoms with Crippen LogP contribution in [0.3, 0.4) is 0 Å². The minimum atomic E-state index is 0.0223. The molecule has 0 aliphatic carbocycles. The molecule has 0 saturated carbocycles. The van der Waals surface area contributed by atoms with Crippen molar-refractivity contribution in [2.24, 2.45) is 0 Å². The largest absolute Gasteiger partial charge is 0.516 e. The molecule has 3 heteroatoms. The summed E-state index contributed by atoms with van der Waals surface area (Å²) in [5, 5.41) is 8.50. The van der Waals surface area contributed by atoms with Gasteiger partial charge in [-0.1, -0.05) is 20.8 Å². The Bertz CT molecular complexity index is 296. The smallest absolute Gasteiger partial charge is 0.0843 e. The Morgan fingerprint density at radius 2 is 1.92 bits per heavy atom. The Morgan fingerprint density at radius 3 is 2.31 bits per heavy atom. The summed E-state index contributed by atoms with van der Waals surface area (Å²) in [7, 11) is 0. The summed E-state index contributed by atoms with van der Waals surface area (Å²) in [6.45, 7) is 6.25. The fourth-order valence-corrected chi connectivity index (χ4v) is 0.888. The van der Waals surface area contributed by atoms with Crippen molar-refractivity contribution < 1.29 is 5.11 Å². The van der Waals surface area contributed by atoms with E-state index in [4.69, 9.17) is 5.11 Å². The molecule has 0 aliphatic heterocycles. The van der Waals surface area contributed by atoms with Crippen LogP contribution in [0, 0.1) is 0 Å². The molecule has 3 nitrogen and oxygen atoms in total.